The van der Waals surface area contributed by atoms with Gasteiger partial charge in [-0.3, -0.25) is 0 Å². The van der Waals surface area contributed by atoms with E-state index in [2.05, 4.69) is 0 Å². The van der Waals surface area contributed by atoms with Crippen LogP contribution in [0.4, 0.5) is 10.1 Å². The summed E-state index contributed by atoms with van der Waals surface area (Å²) in [5.41, 5.74) is 7.11. The predicted octanol–water partition coefficient (Wildman–Crippen LogP) is 2.92. The molecule has 0 radical (unpaired) electrons. The van der Waals surface area contributed by atoms with Crippen molar-refractivity contribution in [3.05, 3.63) is 54.0 Å². The molecule has 0 aliphatic carbocycles. The van der Waals surface area contributed by atoms with E-state index in [0.717, 1.165) is 3.97 Å². The van der Waals surface area contributed by atoms with E-state index in [1.165, 1.54) is 49.7 Å². The Hall–Kier alpha value is -2.54. The van der Waals surface area contributed by atoms with E-state index in [-0.39, 0.29) is 10.6 Å². The van der Waals surface area contributed by atoms with Crippen LogP contribution in [-0.2, 0) is 10.0 Å². The highest BCUT2D eigenvalue weighted by Gasteiger charge is 2.21. The van der Waals surface area contributed by atoms with Crippen molar-refractivity contribution in [3.8, 4) is 5.75 Å². The zero-order valence-electron chi connectivity index (χ0n) is 12.6. The van der Waals surface area contributed by atoms with E-state index in [1.807, 2.05) is 0 Å². The van der Waals surface area contributed by atoms with Gasteiger partial charge in [0.05, 0.1) is 23.2 Å². The van der Waals surface area contributed by atoms with Crippen LogP contribution in [0.3, 0.4) is 0 Å². The number of methoxy groups -OCH3 is 1. The molecule has 0 saturated carbocycles. The third-order valence-electron chi connectivity index (χ3n) is 3.69. The van der Waals surface area contributed by atoms with E-state index in [4.69, 9.17) is 10.5 Å². The van der Waals surface area contributed by atoms with Crippen LogP contribution in [0, 0.1) is 12.7 Å². The minimum absolute atomic E-state index is 0.0389. The zero-order chi connectivity index (χ0) is 16.8. The molecule has 0 fully saturated rings. The molecule has 0 aliphatic heterocycles. The lowest BCUT2D eigenvalue weighted by Crippen LogP contribution is -2.12. The highest BCUT2D eigenvalue weighted by Crippen LogP contribution is 2.29. The van der Waals surface area contributed by atoms with Gasteiger partial charge in [-0.15, -0.1) is 0 Å². The number of fused-ring (bicyclic) bond motifs is 1. The summed E-state index contributed by atoms with van der Waals surface area (Å²) in [5, 5.41) is 0.551. The van der Waals surface area contributed by atoms with E-state index < -0.39 is 15.8 Å². The molecular formula is C16H15FN2O3S. The number of rotatable bonds is 3. The highest BCUT2D eigenvalue weighted by molar-refractivity contribution is 7.90. The van der Waals surface area contributed by atoms with Gasteiger partial charge < -0.3 is 10.5 Å². The maximum absolute atomic E-state index is 13.4. The number of hydrogen-bond donors (Lipinski definition) is 1. The fraction of sp³-hybridized carbons (Fsp3) is 0.125. The van der Waals surface area contributed by atoms with Crippen LogP contribution in [0.1, 0.15) is 5.56 Å². The second-order valence-corrected chi connectivity index (χ2v) is 6.99. The van der Waals surface area contributed by atoms with Crippen LogP contribution < -0.4 is 10.5 Å². The largest absolute Gasteiger partial charge is 0.495 e. The van der Waals surface area contributed by atoms with E-state index in [1.54, 1.807) is 6.92 Å². The van der Waals surface area contributed by atoms with Gasteiger partial charge in [-0.2, -0.15) is 0 Å². The minimum Gasteiger partial charge on any atom is -0.495 e. The summed E-state index contributed by atoms with van der Waals surface area (Å²) in [6.45, 7) is 1.73. The third-order valence-corrected chi connectivity index (χ3v) is 5.36. The number of anilines is 1. The molecular weight excluding hydrogens is 319 g/mol. The van der Waals surface area contributed by atoms with E-state index >= 15 is 0 Å². The van der Waals surface area contributed by atoms with Gasteiger partial charge in [0.1, 0.15) is 11.6 Å². The second kappa shape index (κ2) is 5.27. The first-order valence-electron chi connectivity index (χ1n) is 6.81. The Labute approximate surface area is 133 Å². The summed E-state index contributed by atoms with van der Waals surface area (Å²) >= 11 is 0. The van der Waals surface area contributed by atoms with Crippen molar-refractivity contribution < 1.29 is 17.5 Å². The van der Waals surface area contributed by atoms with Crippen molar-refractivity contribution in [2.24, 2.45) is 0 Å². The van der Waals surface area contributed by atoms with Gasteiger partial charge in [0.2, 0.25) is 0 Å². The number of nitrogen functional groups attached to an aromatic ring is 1. The Bertz CT molecular complexity index is 1010. The van der Waals surface area contributed by atoms with Gasteiger partial charge >= 0.3 is 0 Å². The number of aryl methyl sites for hydroxylation is 1. The molecule has 2 aromatic carbocycles. The van der Waals surface area contributed by atoms with Gasteiger partial charge in [-0.1, -0.05) is 0 Å². The summed E-state index contributed by atoms with van der Waals surface area (Å²) in [4.78, 5) is 0.0389. The number of nitrogens with zero attached hydrogens (tertiary/aromatic N) is 1. The Morgan fingerprint density at radius 3 is 2.57 bits per heavy atom. The topological polar surface area (TPSA) is 74.3 Å². The summed E-state index contributed by atoms with van der Waals surface area (Å²) in [6.07, 6.45) is 1.47. The number of benzene rings is 2. The van der Waals surface area contributed by atoms with E-state index in [0.29, 0.717) is 22.2 Å². The lowest BCUT2D eigenvalue weighted by molar-refractivity contribution is 0.416. The van der Waals surface area contributed by atoms with Gasteiger partial charge in [0.25, 0.3) is 10.0 Å². The first-order valence-corrected chi connectivity index (χ1v) is 8.25. The number of hydrogen-bond acceptors (Lipinski definition) is 4. The van der Waals surface area contributed by atoms with Crippen molar-refractivity contribution in [2.75, 3.05) is 12.8 Å². The quantitative estimate of drug-likeness (QED) is 0.747. The molecule has 1 aromatic heterocycles. The van der Waals surface area contributed by atoms with Crippen molar-refractivity contribution in [1.82, 2.24) is 3.97 Å². The summed E-state index contributed by atoms with van der Waals surface area (Å²) < 4.78 is 45.3. The second-order valence-electron chi connectivity index (χ2n) is 5.18. The number of nitrogens with two attached hydrogens (primary N) is 1. The molecule has 23 heavy (non-hydrogen) atoms. The SMILES string of the molecule is COc1ccc(S(=O)(=O)n2cc(C)c3cc(F)ccc32)cc1N. The molecule has 0 spiro atoms. The van der Waals surface area contributed by atoms with Crippen molar-refractivity contribution >= 4 is 26.6 Å². The molecule has 3 rings (SSSR count). The molecule has 0 atom stereocenters. The zero-order valence-corrected chi connectivity index (χ0v) is 13.4. The van der Waals surface area contributed by atoms with Crippen LogP contribution in [-0.4, -0.2) is 19.5 Å². The maximum atomic E-state index is 13.4. The minimum atomic E-state index is -3.85. The van der Waals surface area contributed by atoms with Crippen LogP contribution in [0.5, 0.6) is 5.75 Å². The van der Waals surface area contributed by atoms with Crippen LogP contribution in [0.15, 0.2) is 47.5 Å². The molecule has 0 unspecified atom stereocenters. The molecule has 0 bridgehead atoms. The van der Waals surface area contributed by atoms with Crippen LogP contribution in [0.25, 0.3) is 10.9 Å². The van der Waals surface area contributed by atoms with Crippen LogP contribution in [0.2, 0.25) is 0 Å². The third kappa shape index (κ3) is 2.43. The smallest absolute Gasteiger partial charge is 0.268 e. The molecule has 0 saturated heterocycles. The Kier molecular flexibility index (Phi) is 3.52. The van der Waals surface area contributed by atoms with Gasteiger partial charge in [-0.05, 0) is 48.9 Å². The number of aromatic nitrogens is 1. The lowest BCUT2D eigenvalue weighted by atomic mass is 10.2. The Morgan fingerprint density at radius 1 is 1.17 bits per heavy atom. The van der Waals surface area contributed by atoms with Gasteiger partial charge in [0, 0.05) is 11.6 Å². The first-order chi connectivity index (χ1) is 10.8. The molecule has 3 aromatic rings. The molecule has 120 valence electrons. The molecule has 2 N–H and O–H groups in total. The fourth-order valence-corrected chi connectivity index (χ4v) is 3.97. The molecule has 1 heterocycles. The first kappa shape index (κ1) is 15.4. The standard InChI is InChI=1S/C16H15FN2O3S/c1-10-9-19(15-5-3-11(17)7-13(10)15)23(20,21)12-4-6-16(22-2)14(18)8-12/h3-9H,18H2,1-2H3. The Balaban J connectivity index is 2.23. The summed E-state index contributed by atoms with van der Waals surface area (Å²) in [5.74, 6) is -0.0102. The van der Waals surface area contributed by atoms with Crippen molar-refractivity contribution in [2.45, 2.75) is 11.8 Å². The number of halogens is 1. The average molecular weight is 334 g/mol. The highest BCUT2D eigenvalue weighted by atomic mass is 32.2. The maximum Gasteiger partial charge on any atom is 0.268 e. The average Bonchev–Trinajstić information content (AvgIpc) is 2.84. The molecule has 7 heteroatoms. The van der Waals surface area contributed by atoms with Crippen LogP contribution >= 0.6 is 0 Å². The van der Waals surface area contributed by atoms with Crippen molar-refractivity contribution in [1.29, 1.82) is 0 Å². The Morgan fingerprint density at radius 2 is 1.91 bits per heavy atom. The van der Waals surface area contributed by atoms with Gasteiger partial charge in [0.15, 0.2) is 0 Å². The van der Waals surface area contributed by atoms with Crippen molar-refractivity contribution in [3.63, 3.8) is 0 Å². The summed E-state index contributed by atoms with van der Waals surface area (Å²) in [7, 11) is -2.39. The fourth-order valence-electron chi connectivity index (χ4n) is 2.52. The van der Waals surface area contributed by atoms with E-state index in [9.17, 15) is 12.8 Å². The lowest BCUT2D eigenvalue weighted by Gasteiger charge is -2.10. The normalized spacial score (nSPS) is 11.8. The summed E-state index contributed by atoms with van der Waals surface area (Å²) in [6, 6.07) is 8.27. The number of ether oxygens (including phenoxy) is 1. The molecule has 5 nitrogen and oxygen atoms in total. The monoisotopic (exact) mass is 334 g/mol. The molecule has 0 aliphatic rings. The van der Waals surface area contributed by atoms with Gasteiger partial charge in [-0.25, -0.2) is 16.8 Å². The predicted molar refractivity (Wildman–Crippen MR) is 86.6 cm³/mol. The molecule has 0 amide bonds.